The summed E-state index contributed by atoms with van der Waals surface area (Å²) in [6.45, 7) is 1.23. The van der Waals surface area contributed by atoms with E-state index >= 15 is 0 Å². The molecule has 4 heterocycles. The van der Waals surface area contributed by atoms with Crippen molar-refractivity contribution in [2.75, 3.05) is 13.1 Å². The Morgan fingerprint density at radius 1 is 1.00 bits per heavy atom. The van der Waals surface area contributed by atoms with Crippen molar-refractivity contribution < 1.29 is 9.32 Å². The van der Waals surface area contributed by atoms with Crippen molar-refractivity contribution in [1.82, 2.24) is 30.0 Å². The van der Waals surface area contributed by atoms with E-state index < -0.39 is 0 Å². The molecule has 1 fully saturated rings. The van der Waals surface area contributed by atoms with Crippen molar-refractivity contribution in [3.63, 3.8) is 0 Å². The molecule has 4 aromatic rings. The molecule has 0 saturated carbocycles. The number of pyridine rings is 1. The second-order valence-electron chi connectivity index (χ2n) is 7.01. The van der Waals surface area contributed by atoms with Crippen LogP contribution in [0.3, 0.4) is 0 Å². The lowest BCUT2D eigenvalue weighted by Gasteiger charge is -2.30. The van der Waals surface area contributed by atoms with Crippen molar-refractivity contribution >= 4 is 16.9 Å². The van der Waals surface area contributed by atoms with Crippen LogP contribution >= 0.6 is 0 Å². The van der Waals surface area contributed by atoms with Crippen LogP contribution < -0.4 is 0 Å². The van der Waals surface area contributed by atoms with Crippen LogP contribution in [-0.4, -0.2) is 49.0 Å². The van der Waals surface area contributed by atoms with E-state index in [2.05, 4.69) is 25.1 Å². The number of piperidine rings is 1. The van der Waals surface area contributed by atoms with Crippen molar-refractivity contribution in [2.45, 2.75) is 18.8 Å². The molecular weight excluding hydrogens is 368 g/mol. The van der Waals surface area contributed by atoms with E-state index in [1.807, 2.05) is 41.3 Å². The number of carbonyl (C=O) groups excluding carboxylic acids is 1. The second kappa shape index (κ2) is 7.38. The highest BCUT2D eigenvalue weighted by atomic mass is 16.5. The maximum Gasteiger partial charge on any atom is 0.274 e. The molecule has 0 N–H and O–H groups in total. The highest BCUT2D eigenvalue weighted by Crippen LogP contribution is 2.29. The molecule has 0 bridgehead atoms. The van der Waals surface area contributed by atoms with Gasteiger partial charge in [0.25, 0.3) is 5.91 Å². The molecule has 1 aliphatic heterocycles. The largest absolute Gasteiger partial charge is 0.339 e. The first-order chi connectivity index (χ1) is 14.3. The predicted octanol–water partition coefficient (Wildman–Crippen LogP) is 3.09. The number of nitrogens with zero attached hydrogens (tertiary/aromatic N) is 6. The fourth-order valence-corrected chi connectivity index (χ4v) is 3.57. The topological polar surface area (TPSA) is 97.9 Å². The van der Waals surface area contributed by atoms with Crippen molar-refractivity contribution in [3.8, 4) is 11.4 Å². The van der Waals surface area contributed by atoms with Crippen LogP contribution in [-0.2, 0) is 0 Å². The summed E-state index contributed by atoms with van der Waals surface area (Å²) in [5.41, 5.74) is 2.70. The van der Waals surface area contributed by atoms with Crippen molar-refractivity contribution in [1.29, 1.82) is 0 Å². The monoisotopic (exact) mass is 386 g/mol. The van der Waals surface area contributed by atoms with Gasteiger partial charge in [-0.1, -0.05) is 17.3 Å². The maximum atomic E-state index is 12.8. The number of para-hydroxylation sites is 2. The Morgan fingerprint density at radius 2 is 1.83 bits per heavy atom. The van der Waals surface area contributed by atoms with Crippen LogP contribution in [0.5, 0.6) is 0 Å². The van der Waals surface area contributed by atoms with Gasteiger partial charge >= 0.3 is 0 Å². The fraction of sp³-hybridized carbons (Fsp3) is 0.238. The smallest absolute Gasteiger partial charge is 0.274 e. The molecule has 0 atom stereocenters. The van der Waals surface area contributed by atoms with Crippen molar-refractivity contribution in [3.05, 3.63) is 66.6 Å². The van der Waals surface area contributed by atoms with E-state index in [0.717, 1.165) is 29.4 Å². The quantitative estimate of drug-likeness (QED) is 0.533. The second-order valence-corrected chi connectivity index (χ2v) is 7.01. The average Bonchev–Trinajstić information content (AvgIpc) is 3.29. The third-order valence-electron chi connectivity index (χ3n) is 5.16. The molecule has 8 heteroatoms. The molecule has 0 aliphatic carbocycles. The molecule has 3 aromatic heterocycles. The van der Waals surface area contributed by atoms with E-state index in [1.165, 1.54) is 0 Å². The summed E-state index contributed by atoms with van der Waals surface area (Å²) in [4.78, 5) is 32.1. The predicted molar refractivity (Wildman–Crippen MR) is 105 cm³/mol. The summed E-state index contributed by atoms with van der Waals surface area (Å²) >= 11 is 0. The Balaban J connectivity index is 1.26. The number of amides is 1. The third kappa shape index (κ3) is 3.44. The van der Waals surface area contributed by atoms with Crippen LogP contribution in [0.25, 0.3) is 22.4 Å². The van der Waals surface area contributed by atoms with E-state index in [9.17, 15) is 4.79 Å². The summed E-state index contributed by atoms with van der Waals surface area (Å²) < 4.78 is 5.47. The lowest BCUT2D eigenvalue weighted by atomic mass is 9.96. The number of hydrogen-bond donors (Lipinski definition) is 0. The van der Waals surface area contributed by atoms with E-state index in [0.29, 0.717) is 30.5 Å². The first-order valence-corrected chi connectivity index (χ1v) is 9.53. The van der Waals surface area contributed by atoms with Gasteiger partial charge < -0.3 is 9.42 Å². The molecule has 5 rings (SSSR count). The van der Waals surface area contributed by atoms with E-state index in [1.54, 1.807) is 18.6 Å². The molecule has 8 nitrogen and oxygen atoms in total. The molecule has 1 aromatic carbocycles. The van der Waals surface area contributed by atoms with Crippen molar-refractivity contribution in [2.24, 2.45) is 0 Å². The fourth-order valence-electron chi connectivity index (χ4n) is 3.57. The van der Waals surface area contributed by atoms with E-state index in [-0.39, 0.29) is 11.8 Å². The van der Waals surface area contributed by atoms with Gasteiger partial charge in [-0.3, -0.25) is 14.8 Å². The first-order valence-electron chi connectivity index (χ1n) is 9.53. The lowest BCUT2D eigenvalue weighted by Crippen LogP contribution is -2.38. The maximum absolute atomic E-state index is 12.8. The van der Waals surface area contributed by atoms with Gasteiger partial charge in [0.2, 0.25) is 11.7 Å². The number of carbonyl (C=O) groups is 1. The molecular formula is C21H18N6O2. The Bertz CT molecular complexity index is 1150. The molecule has 1 amide bonds. The summed E-state index contributed by atoms with van der Waals surface area (Å²) in [5.74, 6) is 1.20. The number of aromatic nitrogens is 5. The van der Waals surface area contributed by atoms with Gasteiger partial charge in [0.1, 0.15) is 5.69 Å². The highest BCUT2D eigenvalue weighted by Gasteiger charge is 2.28. The minimum atomic E-state index is -0.0942. The normalized spacial score (nSPS) is 15.0. The molecule has 0 radical (unpaired) electrons. The summed E-state index contributed by atoms with van der Waals surface area (Å²) in [7, 11) is 0. The van der Waals surface area contributed by atoms with Gasteiger partial charge in [-0.15, -0.1) is 0 Å². The number of likely N-dealkylation sites (tertiary alicyclic amines) is 1. The molecule has 144 valence electrons. The summed E-state index contributed by atoms with van der Waals surface area (Å²) in [5, 5.41) is 4.07. The molecule has 1 aliphatic rings. The Labute approximate surface area is 166 Å². The number of benzene rings is 1. The van der Waals surface area contributed by atoms with Crippen LogP contribution in [0.4, 0.5) is 0 Å². The number of fused-ring (bicyclic) bond motifs is 1. The van der Waals surface area contributed by atoms with Crippen LogP contribution in [0, 0.1) is 0 Å². The van der Waals surface area contributed by atoms with Crippen LogP contribution in [0.15, 0.2) is 59.5 Å². The first kappa shape index (κ1) is 17.4. The van der Waals surface area contributed by atoms with Gasteiger partial charge in [0, 0.05) is 37.0 Å². The zero-order valence-electron chi connectivity index (χ0n) is 15.6. The van der Waals surface area contributed by atoms with Gasteiger partial charge in [0.05, 0.1) is 17.2 Å². The summed E-state index contributed by atoms with van der Waals surface area (Å²) in [6.07, 6.45) is 6.50. The molecule has 1 saturated heterocycles. The SMILES string of the molecule is O=C(c1cnc2ccccc2n1)N1CCC(c2nc(-c3cccnc3)no2)CC1. The molecule has 29 heavy (non-hydrogen) atoms. The number of hydrogen-bond acceptors (Lipinski definition) is 7. The highest BCUT2D eigenvalue weighted by molar-refractivity contribution is 5.93. The zero-order valence-corrected chi connectivity index (χ0v) is 15.6. The molecule has 0 spiro atoms. The summed E-state index contributed by atoms with van der Waals surface area (Å²) in [6, 6.07) is 11.3. The average molecular weight is 386 g/mol. The van der Waals surface area contributed by atoms with E-state index in [4.69, 9.17) is 4.52 Å². The Morgan fingerprint density at radius 3 is 2.62 bits per heavy atom. The van der Waals surface area contributed by atoms with Gasteiger partial charge in [-0.25, -0.2) is 4.98 Å². The zero-order chi connectivity index (χ0) is 19.6. The Hall–Kier alpha value is -3.68. The van der Waals surface area contributed by atoms with Crippen LogP contribution in [0.1, 0.15) is 35.1 Å². The Kier molecular flexibility index (Phi) is 4.44. The minimum absolute atomic E-state index is 0.0942. The van der Waals surface area contributed by atoms with Gasteiger partial charge in [-0.2, -0.15) is 4.98 Å². The third-order valence-corrected chi connectivity index (χ3v) is 5.16. The number of rotatable bonds is 3. The van der Waals surface area contributed by atoms with Crippen LogP contribution in [0.2, 0.25) is 0 Å². The van der Waals surface area contributed by atoms with Gasteiger partial charge in [0.15, 0.2) is 0 Å². The minimum Gasteiger partial charge on any atom is -0.339 e. The standard InChI is InChI=1S/C21H18N6O2/c28-21(18-13-23-16-5-1-2-6-17(16)24-18)27-10-7-14(8-11-27)20-25-19(26-29-20)15-4-3-9-22-12-15/h1-6,9,12-14H,7-8,10-11H2. The van der Waals surface area contributed by atoms with Gasteiger partial charge in [-0.05, 0) is 37.1 Å². The molecule has 0 unspecified atom stereocenters. The lowest BCUT2D eigenvalue weighted by molar-refractivity contribution is 0.0698.